The zero-order valence-corrected chi connectivity index (χ0v) is 8.90. The highest BCUT2D eigenvalue weighted by Crippen LogP contribution is 2.25. The van der Waals surface area contributed by atoms with Crippen LogP contribution in [0.1, 0.15) is 17.9 Å². The van der Waals surface area contributed by atoms with Gasteiger partial charge >= 0.3 is 0 Å². The van der Waals surface area contributed by atoms with Crippen LogP contribution in [0, 0.1) is 0 Å². The number of aromatic nitrogens is 2. The zero-order valence-electron chi connectivity index (χ0n) is 8.90. The number of aryl methyl sites for hydroxylation is 1. The van der Waals surface area contributed by atoms with Crippen LogP contribution in [0.25, 0.3) is 11.0 Å². The number of benzene rings is 1. The van der Waals surface area contributed by atoms with E-state index in [-0.39, 0.29) is 0 Å². The van der Waals surface area contributed by atoms with Crippen molar-refractivity contribution in [3.8, 4) is 0 Å². The summed E-state index contributed by atoms with van der Waals surface area (Å²) in [7, 11) is 2.03. The Hall–Kier alpha value is -1.35. The monoisotopic (exact) mass is 201 g/mol. The molecule has 78 valence electrons. The third-order valence-electron chi connectivity index (χ3n) is 3.28. The van der Waals surface area contributed by atoms with E-state index in [9.17, 15) is 0 Å². The van der Waals surface area contributed by atoms with Gasteiger partial charge in [0.1, 0.15) is 0 Å². The molecule has 3 nitrogen and oxygen atoms in total. The first-order valence-corrected chi connectivity index (χ1v) is 5.46. The second-order valence-electron chi connectivity index (χ2n) is 4.29. The van der Waals surface area contributed by atoms with Crippen molar-refractivity contribution in [3.63, 3.8) is 0 Å². The average molecular weight is 201 g/mol. The van der Waals surface area contributed by atoms with Gasteiger partial charge in [0.05, 0.1) is 17.4 Å². The van der Waals surface area contributed by atoms with Gasteiger partial charge in [-0.05, 0) is 36.6 Å². The molecule has 2 aromatic rings. The molecule has 15 heavy (non-hydrogen) atoms. The topological polar surface area (TPSA) is 29.9 Å². The molecule has 3 heteroatoms. The van der Waals surface area contributed by atoms with Crippen molar-refractivity contribution in [2.75, 3.05) is 13.1 Å². The number of hydrogen-bond acceptors (Lipinski definition) is 2. The van der Waals surface area contributed by atoms with Crippen LogP contribution in [0.15, 0.2) is 24.5 Å². The van der Waals surface area contributed by atoms with E-state index in [1.807, 2.05) is 13.4 Å². The average Bonchev–Trinajstić information content (AvgIpc) is 2.88. The van der Waals surface area contributed by atoms with Crippen LogP contribution >= 0.6 is 0 Å². The number of fused-ring (bicyclic) bond motifs is 1. The van der Waals surface area contributed by atoms with E-state index in [0.717, 1.165) is 18.6 Å². The van der Waals surface area contributed by atoms with Crippen molar-refractivity contribution in [2.24, 2.45) is 7.05 Å². The van der Waals surface area contributed by atoms with Gasteiger partial charge in [0.25, 0.3) is 0 Å². The molecular formula is C12H15N3. The lowest BCUT2D eigenvalue weighted by molar-refractivity contribution is 0.764. The van der Waals surface area contributed by atoms with Crippen LogP contribution in [0.2, 0.25) is 0 Å². The highest BCUT2D eigenvalue weighted by atomic mass is 15.0. The van der Waals surface area contributed by atoms with E-state index in [1.165, 1.54) is 17.5 Å². The Balaban J connectivity index is 2.05. The van der Waals surface area contributed by atoms with Crippen molar-refractivity contribution in [1.29, 1.82) is 0 Å². The Labute approximate surface area is 89.1 Å². The second kappa shape index (κ2) is 3.35. The van der Waals surface area contributed by atoms with Crippen LogP contribution in [0.3, 0.4) is 0 Å². The second-order valence-corrected chi connectivity index (χ2v) is 4.29. The zero-order chi connectivity index (χ0) is 10.3. The Morgan fingerprint density at radius 1 is 1.47 bits per heavy atom. The molecule has 2 heterocycles. The van der Waals surface area contributed by atoms with Crippen LogP contribution in [0.4, 0.5) is 0 Å². The fourth-order valence-corrected chi connectivity index (χ4v) is 2.35. The first-order chi connectivity index (χ1) is 7.34. The van der Waals surface area contributed by atoms with Gasteiger partial charge < -0.3 is 9.88 Å². The minimum absolute atomic E-state index is 0.677. The molecule has 3 rings (SSSR count). The molecule has 1 N–H and O–H groups in total. The molecule has 0 bridgehead atoms. The van der Waals surface area contributed by atoms with Crippen molar-refractivity contribution in [1.82, 2.24) is 14.9 Å². The molecule has 1 aliphatic rings. The summed E-state index contributed by atoms with van der Waals surface area (Å²) in [6.45, 7) is 2.25. The molecule has 0 radical (unpaired) electrons. The number of nitrogens with one attached hydrogen (secondary N) is 1. The maximum atomic E-state index is 4.39. The maximum Gasteiger partial charge on any atom is 0.0955 e. The van der Waals surface area contributed by atoms with Crippen LogP contribution in [-0.2, 0) is 7.05 Å². The van der Waals surface area contributed by atoms with Gasteiger partial charge in [0, 0.05) is 13.6 Å². The van der Waals surface area contributed by atoms with E-state index < -0.39 is 0 Å². The number of nitrogens with zero attached hydrogens (tertiary/aromatic N) is 2. The third kappa shape index (κ3) is 1.43. The molecule has 0 saturated carbocycles. The third-order valence-corrected chi connectivity index (χ3v) is 3.28. The Kier molecular flexibility index (Phi) is 1.99. The van der Waals surface area contributed by atoms with Crippen molar-refractivity contribution >= 4 is 11.0 Å². The largest absolute Gasteiger partial charge is 0.334 e. The molecule has 1 saturated heterocycles. The van der Waals surface area contributed by atoms with Crippen molar-refractivity contribution in [3.05, 3.63) is 30.1 Å². The summed E-state index contributed by atoms with van der Waals surface area (Å²) in [6, 6.07) is 6.64. The number of rotatable bonds is 1. The molecular weight excluding hydrogens is 186 g/mol. The molecule has 1 fully saturated rings. The maximum absolute atomic E-state index is 4.39. The fraction of sp³-hybridized carbons (Fsp3) is 0.417. The first-order valence-electron chi connectivity index (χ1n) is 5.46. The molecule has 1 unspecified atom stereocenters. The van der Waals surface area contributed by atoms with Gasteiger partial charge in [-0.25, -0.2) is 4.98 Å². The predicted molar refractivity (Wildman–Crippen MR) is 60.9 cm³/mol. The smallest absolute Gasteiger partial charge is 0.0955 e. The minimum Gasteiger partial charge on any atom is -0.334 e. The molecule has 1 aromatic heterocycles. The van der Waals surface area contributed by atoms with Gasteiger partial charge in [-0.3, -0.25) is 0 Å². The first kappa shape index (κ1) is 8.92. The van der Waals surface area contributed by atoms with Gasteiger partial charge in [-0.15, -0.1) is 0 Å². The lowest BCUT2D eigenvalue weighted by Gasteiger charge is -2.08. The lowest BCUT2D eigenvalue weighted by atomic mass is 9.98. The Bertz CT molecular complexity index is 481. The lowest BCUT2D eigenvalue weighted by Crippen LogP contribution is -2.07. The SMILES string of the molecule is Cn1cnc2cc(C3CCNC3)ccc21. The molecule has 1 aromatic carbocycles. The van der Waals surface area contributed by atoms with E-state index in [0.29, 0.717) is 5.92 Å². The van der Waals surface area contributed by atoms with Crippen molar-refractivity contribution < 1.29 is 0 Å². The Morgan fingerprint density at radius 3 is 3.20 bits per heavy atom. The van der Waals surface area contributed by atoms with E-state index in [2.05, 4.69) is 33.1 Å². The minimum atomic E-state index is 0.677. The molecule has 1 atom stereocenters. The van der Waals surface area contributed by atoms with Gasteiger partial charge in [0.15, 0.2) is 0 Å². The highest BCUT2D eigenvalue weighted by Gasteiger charge is 2.16. The van der Waals surface area contributed by atoms with Gasteiger partial charge in [-0.2, -0.15) is 0 Å². The summed E-state index contributed by atoms with van der Waals surface area (Å²) >= 11 is 0. The van der Waals surface area contributed by atoms with E-state index in [4.69, 9.17) is 0 Å². The number of hydrogen-bond donors (Lipinski definition) is 1. The van der Waals surface area contributed by atoms with Gasteiger partial charge in [-0.1, -0.05) is 6.07 Å². The standard InChI is InChI=1S/C12H15N3/c1-15-8-14-11-6-9(2-3-12(11)15)10-4-5-13-7-10/h2-3,6,8,10,13H,4-5,7H2,1H3. The predicted octanol–water partition coefficient (Wildman–Crippen LogP) is 1.65. The van der Waals surface area contributed by atoms with Crippen LogP contribution in [-0.4, -0.2) is 22.6 Å². The summed E-state index contributed by atoms with van der Waals surface area (Å²) in [5.41, 5.74) is 3.75. The Morgan fingerprint density at radius 2 is 2.40 bits per heavy atom. The van der Waals surface area contributed by atoms with Crippen molar-refractivity contribution in [2.45, 2.75) is 12.3 Å². The summed E-state index contributed by atoms with van der Waals surface area (Å²) in [4.78, 5) is 4.39. The summed E-state index contributed by atoms with van der Waals surface area (Å²) < 4.78 is 2.06. The summed E-state index contributed by atoms with van der Waals surface area (Å²) in [5.74, 6) is 0.677. The molecule has 0 spiro atoms. The van der Waals surface area contributed by atoms with Crippen LogP contribution < -0.4 is 5.32 Å². The molecule has 1 aliphatic heterocycles. The molecule has 0 aliphatic carbocycles. The molecule has 0 amide bonds. The summed E-state index contributed by atoms with van der Waals surface area (Å²) in [6.07, 6.45) is 3.12. The fourth-order valence-electron chi connectivity index (χ4n) is 2.35. The highest BCUT2D eigenvalue weighted by molar-refractivity contribution is 5.76. The van der Waals surface area contributed by atoms with E-state index in [1.54, 1.807) is 0 Å². The quantitative estimate of drug-likeness (QED) is 0.760. The van der Waals surface area contributed by atoms with Gasteiger partial charge in [0.2, 0.25) is 0 Å². The number of imidazole rings is 1. The van der Waals surface area contributed by atoms with E-state index >= 15 is 0 Å². The normalized spacial score (nSPS) is 21.3. The van der Waals surface area contributed by atoms with Crippen LogP contribution in [0.5, 0.6) is 0 Å². The summed E-state index contributed by atoms with van der Waals surface area (Å²) in [5, 5.41) is 3.40.